The highest BCUT2D eigenvalue weighted by Crippen LogP contribution is 2.33. The smallest absolute Gasteiger partial charge is 0.276 e. The fourth-order valence-corrected chi connectivity index (χ4v) is 4.64. The van der Waals surface area contributed by atoms with E-state index in [1.807, 2.05) is 17.0 Å². The maximum atomic E-state index is 13.3. The number of carbonyl (C=O) groups excluding carboxylic acids is 2. The molecule has 10 heteroatoms. The number of aryl methyl sites for hydroxylation is 1. The van der Waals surface area contributed by atoms with Crippen molar-refractivity contribution in [3.8, 4) is 0 Å². The van der Waals surface area contributed by atoms with Crippen molar-refractivity contribution in [2.45, 2.75) is 52.2 Å². The molecule has 2 amide bonds. The van der Waals surface area contributed by atoms with Crippen molar-refractivity contribution >= 4 is 23.2 Å². The third-order valence-corrected chi connectivity index (χ3v) is 6.74. The molecular weight excluding hydrogens is 428 g/mol. The number of fused-ring (bicyclic) bond motifs is 1. The summed E-state index contributed by atoms with van der Waals surface area (Å²) < 4.78 is 7.22. The van der Waals surface area contributed by atoms with Gasteiger partial charge < -0.3 is 14.3 Å². The SMILES string of the molecule is CCc1cc(C(=O)N2CCc3c(c(C(=O)N(C)Cc4cscn4)nn3CC3CC3)C2)no1. The van der Waals surface area contributed by atoms with Gasteiger partial charge in [0.2, 0.25) is 0 Å². The first-order valence-electron chi connectivity index (χ1n) is 11.0. The van der Waals surface area contributed by atoms with Gasteiger partial charge in [-0.1, -0.05) is 12.1 Å². The third kappa shape index (κ3) is 4.06. The van der Waals surface area contributed by atoms with Crippen LogP contribution < -0.4 is 0 Å². The van der Waals surface area contributed by atoms with Crippen molar-refractivity contribution in [2.24, 2.45) is 5.92 Å². The Bertz CT molecular complexity index is 1130. The van der Waals surface area contributed by atoms with Gasteiger partial charge in [0, 0.05) is 55.7 Å². The van der Waals surface area contributed by atoms with Crippen LogP contribution in [0, 0.1) is 5.92 Å². The number of nitrogens with zero attached hydrogens (tertiary/aromatic N) is 6. The highest BCUT2D eigenvalue weighted by molar-refractivity contribution is 7.07. The Balaban J connectivity index is 1.41. The normalized spacial score (nSPS) is 15.6. The van der Waals surface area contributed by atoms with Gasteiger partial charge in [0.25, 0.3) is 11.8 Å². The average molecular weight is 455 g/mol. The van der Waals surface area contributed by atoms with E-state index in [1.54, 1.807) is 28.4 Å². The summed E-state index contributed by atoms with van der Waals surface area (Å²) in [4.78, 5) is 34.0. The van der Waals surface area contributed by atoms with Crippen LogP contribution in [0.3, 0.4) is 0 Å². The van der Waals surface area contributed by atoms with E-state index >= 15 is 0 Å². The van der Waals surface area contributed by atoms with Crippen LogP contribution in [0.2, 0.25) is 0 Å². The van der Waals surface area contributed by atoms with Crippen molar-refractivity contribution in [3.63, 3.8) is 0 Å². The van der Waals surface area contributed by atoms with Crippen LogP contribution >= 0.6 is 11.3 Å². The molecule has 1 saturated carbocycles. The molecule has 0 bridgehead atoms. The molecule has 4 heterocycles. The molecule has 0 spiro atoms. The second-order valence-electron chi connectivity index (χ2n) is 8.55. The van der Waals surface area contributed by atoms with Gasteiger partial charge in [-0.2, -0.15) is 5.10 Å². The predicted octanol–water partition coefficient (Wildman–Crippen LogP) is 2.77. The van der Waals surface area contributed by atoms with Gasteiger partial charge in [-0.05, 0) is 18.8 Å². The fourth-order valence-electron chi connectivity index (χ4n) is 4.09. The summed E-state index contributed by atoms with van der Waals surface area (Å²) in [6.45, 7) is 4.13. The molecule has 1 aliphatic carbocycles. The number of amides is 2. The minimum absolute atomic E-state index is 0.146. The molecule has 0 unspecified atom stereocenters. The second kappa shape index (κ2) is 8.50. The van der Waals surface area contributed by atoms with Crippen molar-refractivity contribution in [1.82, 2.24) is 29.7 Å². The van der Waals surface area contributed by atoms with Gasteiger partial charge in [0.05, 0.1) is 24.3 Å². The lowest BCUT2D eigenvalue weighted by molar-refractivity contribution is 0.0712. The molecule has 0 aromatic carbocycles. The molecule has 5 rings (SSSR count). The van der Waals surface area contributed by atoms with E-state index in [-0.39, 0.29) is 11.8 Å². The zero-order valence-corrected chi connectivity index (χ0v) is 19.1. The molecule has 168 valence electrons. The molecule has 1 aliphatic heterocycles. The largest absolute Gasteiger partial charge is 0.361 e. The van der Waals surface area contributed by atoms with Gasteiger partial charge >= 0.3 is 0 Å². The Labute approximate surface area is 190 Å². The number of hydrogen-bond donors (Lipinski definition) is 0. The van der Waals surface area contributed by atoms with Crippen molar-refractivity contribution in [3.05, 3.63) is 51.1 Å². The molecule has 0 radical (unpaired) electrons. The topological polar surface area (TPSA) is 97.4 Å². The van der Waals surface area contributed by atoms with Crippen LogP contribution in [0.15, 0.2) is 21.5 Å². The summed E-state index contributed by atoms with van der Waals surface area (Å²) in [5.74, 6) is 0.996. The maximum Gasteiger partial charge on any atom is 0.276 e. The second-order valence-corrected chi connectivity index (χ2v) is 9.27. The summed E-state index contributed by atoms with van der Waals surface area (Å²) in [6, 6.07) is 1.70. The van der Waals surface area contributed by atoms with Crippen molar-refractivity contribution in [2.75, 3.05) is 13.6 Å². The van der Waals surface area contributed by atoms with E-state index in [4.69, 9.17) is 9.62 Å². The molecule has 3 aromatic heterocycles. The Morgan fingerprint density at radius 3 is 2.88 bits per heavy atom. The molecule has 9 nitrogen and oxygen atoms in total. The van der Waals surface area contributed by atoms with Gasteiger partial charge in [-0.3, -0.25) is 14.3 Å². The lowest BCUT2D eigenvalue weighted by atomic mass is 10.0. The van der Waals surface area contributed by atoms with Gasteiger partial charge in [-0.25, -0.2) is 4.98 Å². The van der Waals surface area contributed by atoms with E-state index in [0.717, 1.165) is 23.5 Å². The lowest BCUT2D eigenvalue weighted by Gasteiger charge is -2.27. The van der Waals surface area contributed by atoms with Crippen LogP contribution in [0.1, 0.15) is 63.5 Å². The first-order valence-corrected chi connectivity index (χ1v) is 11.9. The van der Waals surface area contributed by atoms with Gasteiger partial charge in [-0.15, -0.1) is 11.3 Å². The van der Waals surface area contributed by atoms with E-state index < -0.39 is 0 Å². The molecule has 0 saturated heterocycles. The number of hydrogen-bond acceptors (Lipinski definition) is 7. The first kappa shape index (κ1) is 20.9. The Morgan fingerprint density at radius 2 is 2.19 bits per heavy atom. The van der Waals surface area contributed by atoms with Crippen LogP contribution in [0.5, 0.6) is 0 Å². The van der Waals surface area contributed by atoms with Crippen LogP contribution in [0.4, 0.5) is 0 Å². The minimum Gasteiger partial charge on any atom is -0.361 e. The molecule has 32 heavy (non-hydrogen) atoms. The molecular formula is C22H26N6O3S. The molecule has 2 aliphatic rings. The van der Waals surface area contributed by atoms with E-state index in [0.29, 0.717) is 55.5 Å². The summed E-state index contributed by atoms with van der Waals surface area (Å²) in [7, 11) is 1.77. The fraction of sp³-hybridized carbons (Fsp3) is 0.500. The third-order valence-electron chi connectivity index (χ3n) is 6.11. The van der Waals surface area contributed by atoms with Crippen LogP contribution in [-0.4, -0.2) is 55.1 Å². The Hall–Kier alpha value is -3.01. The molecule has 3 aromatic rings. The average Bonchev–Trinajstić information content (AvgIpc) is 3.19. The Kier molecular flexibility index (Phi) is 5.54. The summed E-state index contributed by atoms with van der Waals surface area (Å²) in [5, 5.41) is 10.6. The summed E-state index contributed by atoms with van der Waals surface area (Å²) in [5.41, 5.74) is 5.28. The van der Waals surface area contributed by atoms with E-state index in [2.05, 4.69) is 10.1 Å². The zero-order chi connectivity index (χ0) is 22.2. The highest BCUT2D eigenvalue weighted by Gasteiger charge is 2.34. The molecule has 0 N–H and O–H groups in total. The summed E-state index contributed by atoms with van der Waals surface area (Å²) >= 11 is 1.51. The maximum absolute atomic E-state index is 13.3. The zero-order valence-electron chi connectivity index (χ0n) is 18.3. The molecule has 1 fully saturated rings. The van der Waals surface area contributed by atoms with E-state index in [9.17, 15) is 9.59 Å². The van der Waals surface area contributed by atoms with Crippen LogP contribution in [0.25, 0.3) is 0 Å². The van der Waals surface area contributed by atoms with Gasteiger partial charge in [0.1, 0.15) is 5.76 Å². The predicted molar refractivity (Wildman–Crippen MR) is 117 cm³/mol. The quantitative estimate of drug-likeness (QED) is 0.545. The minimum atomic E-state index is -0.178. The van der Waals surface area contributed by atoms with Crippen molar-refractivity contribution < 1.29 is 14.1 Å². The van der Waals surface area contributed by atoms with Crippen LogP contribution in [-0.2, 0) is 32.5 Å². The lowest BCUT2D eigenvalue weighted by Crippen LogP contribution is -2.37. The first-order chi connectivity index (χ1) is 15.5. The van der Waals surface area contributed by atoms with E-state index in [1.165, 1.54) is 24.2 Å². The summed E-state index contributed by atoms with van der Waals surface area (Å²) in [6.07, 6.45) is 3.76. The number of aromatic nitrogens is 4. The number of thiazole rings is 1. The standard InChI is InChI=1S/C22H26N6O3S/c1-3-16-8-18(25-31-16)21(29)27-7-6-19-17(11-27)20(24-28(19)9-14-4-5-14)22(30)26(2)10-15-12-32-13-23-15/h8,12-14H,3-7,9-11H2,1-2H3. The Morgan fingerprint density at radius 1 is 1.34 bits per heavy atom. The highest BCUT2D eigenvalue weighted by atomic mass is 32.1. The number of carbonyl (C=O) groups is 2. The van der Waals surface area contributed by atoms with Gasteiger partial charge in [0.15, 0.2) is 11.4 Å². The van der Waals surface area contributed by atoms with Crippen molar-refractivity contribution in [1.29, 1.82) is 0 Å². The monoisotopic (exact) mass is 454 g/mol. The number of rotatable bonds is 7. The molecule has 0 atom stereocenters.